The van der Waals surface area contributed by atoms with E-state index in [1.54, 1.807) is 11.6 Å². The monoisotopic (exact) mass is 199 g/mol. The molecule has 0 bridgehead atoms. The maximum atomic E-state index is 10.9. The summed E-state index contributed by atoms with van der Waals surface area (Å²) in [5.41, 5.74) is 1.83. The largest absolute Gasteiger partial charge is 0.356 e. The molecule has 7 heteroatoms. The average molecular weight is 199 g/mol. The van der Waals surface area contributed by atoms with Crippen molar-refractivity contribution in [1.82, 2.24) is 20.4 Å². The molecule has 0 saturated heterocycles. The van der Waals surface area contributed by atoms with Crippen LogP contribution < -0.4 is 11.4 Å². The molecule has 0 fully saturated rings. The van der Waals surface area contributed by atoms with Crippen LogP contribution in [-0.2, 0) is 16.2 Å². The SMILES string of the molecule is Cc1nc(C)n(CCC(=O)ONN)n1. The number of hydrogen-bond donors (Lipinski definition) is 2. The van der Waals surface area contributed by atoms with Gasteiger partial charge in [-0.3, -0.25) is 4.79 Å². The van der Waals surface area contributed by atoms with E-state index in [-0.39, 0.29) is 6.42 Å². The highest BCUT2D eigenvalue weighted by molar-refractivity contribution is 5.68. The zero-order chi connectivity index (χ0) is 10.6. The van der Waals surface area contributed by atoms with Crippen LogP contribution in [0.15, 0.2) is 0 Å². The minimum atomic E-state index is -0.431. The molecule has 78 valence electrons. The molecule has 0 aromatic carbocycles. The zero-order valence-corrected chi connectivity index (χ0v) is 8.15. The minimum Gasteiger partial charge on any atom is -0.356 e. The van der Waals surface area contributed by atoms with Crippen molar-refractivity contribution < 1.29 is 9.63 Å². The van der Waals surface area contributed by atoms with Crippen LogP contribution in [0.1, 0.15) is 18.1 Å². The van der Waals surface area contributed by atoms with Crippen molar-refractivity contribution in [2.24, 2.45) is 5.84 Å². The number of nitrogens with zero attached hydrogens (tertiary/aromatic N) is 3. The highest BCUT2D eigenvalue weighted by Crippen LogP contribution is 1.97. The number of rotatable bonds is 4. The fourth-order valence-corrected chi connectivity index (χ4v) is 1.09. The maximum absolute atomic E-state index is 10.9. The smallest absolute Gasteiger partial charge is 0.328 e. The van der Waals surface area contributed by atoms with Crippen molar-refractivity contribution in [3.63, 3.8) is 0 Å². The first-order chi connectivity index (χ1) is 6.63. The second-order valence-corrected chi connectivity index (χ2v) is 2.77. The van der Waals surface area contributed by atoms with E-state index in [0.717, 1.165) is 5.82 Å². The van der Waals surface area contributed by atoms with Crippen LogP contribution in [0.2, 0.25) is 0 Å². The summed E-state index contributed by atoms with van der Waals surface area (Å²) >= 11 is 0. The van der Waals surface area contributed by atoms with Gasteiger partial charge in [-0.15, -0.1) is 0 Å². The highest BCUT2D eigenvalue weighted by Gasteiger charge is 2.06. The summed E-state index contributed by atoms with van der Waals surface area (Å²) in [6.07, 6.45) is 0.202. The lowest BCUT2D eigenvalue weighted by atomic mass is 10.4. The standard InChI is InChI=1S/C7H13N5O2/c1-5-9-6(2)12(10-5)4-3-7(13)14-11-8/h11H,3-4,8H2,1-2H3. The van der Waals surface area contributed by atoms with Crippen LogP contribution in [0.5, 0.6) is 0 Å². The van der Waals surface area contributed by atoms with Crippen molar-refractivity contribution in [1.29, 1.82) is 0 Å². The predicted molar refractivity (Wildman–Crippen MR) is 47.5 cm³/mol. The van der Waals surface area contributed by atoms with E-state index in [0.29, 0.717) is 12.4 Å². The van der Waals surface area contributed by atoms with Gasteiger partial charge >= 0.3 is 5.97 Å². The van der Waals surface area contributed by atoms with Gasteiger partial charge in [0, 0.05) is 0 Å². The Morgan fingerprint density at radius 2 is 2.36 bits per heavy atom. The molecule has 14 heavy (non-hydrogen) atoms. The molecule has 1 rings (SSSR count). The number of aromatic nitrogens is 3. The number of nitrogens with two attached hydrogens (primary N) is 1. The molecule has 0 radical (unpaired) electrons. The van der Waals surface area contributed by atoms with Gasteiger partial charge in [-0.25, -0.2) is 15.5 Å². The van der Waals surface area contributed by atoms with E-state index in [1.807, 2.05) is 12.5 Å². The molecule has 7 nitrogen and oxygen atoms in total. The molecule has 1 heterocycles. The average Bonchev–Trinajstić information content (AvgIpc) is 2.42. The van der Waals surface area contributed by atoms with Gasteiger partial charge in [0.1, 0.15) is 11.6 Å². The van der Waals surface area contributed by atoms with E-state index < -0.39 is 5.97 Å². The van der Waals surface area contributed by atoms with E-state index >= 15 is 0 Å². The first kappa shape index (κ1) is 10.6. The Hall–Kier alpha value is -1.47. The van der Waals surface area contributed by atoms with Crippen molar-refractivity contribution in [2.75, 3.05) is 0 Å². The minimum absolute atomic E-state index is 0.202. The van der Waals surface area contributed by atoms with Crippen LogP contribution in [0.4, 0.5) is 0 Å². The summed E-state index contributed by atoms with van der Waals surface area (Å²) in [6.45, 7) is 4.06. The van der Waals surface area contributed by atoms with Crippen molar-refractivity contribution in [3.8, 4) is 0 Å². The number of carbonyl (C=O) groups excluding carboxylic acids is 1. The van der Waals surface area contributed by atoms with Gasteiger partial charge in [0.2, 0.25) is 0 Å². The Balaban J connectivity index is 2.45. The summed E-state index contributed by atoms with van der Waals surface area (Å²) in [5.74, 6) is 5.84. The molecule has 0 aliphatic heterocycles. The predicted octanol–water partition coefficient (Wildman–Crippen LogP) is -0.793. The summed E-state index contributed by atoms with van der Waals surface area (Å²) in [5, 5.41) is 4.09. The first-order valence-corrected chi connectivity index (χ1v) is 4.17. The van der Waals surface area contributed by atoms with E-state index in [2.05, 4.69) is 14.9 Å². The number of hydrogen-bond acceptors (Lipinski definition) is 6. The molecular formula is C7H13N5O2. The summed E-state index contributed by atoms with van der Waals surface area (Å²) in [7, 11) is 0. The van der Waals surface area contributed by atoms with Crippen LogP contribution in [0, 0.1) is 13.8 Å². The second-order valence-electron chi connectivity index (χ2n) is 2.77. The van der Waals surface area contributed by atoms with Gasteiger partial charge in [-0.2, -0.15) is 5.10 Å². The van der Waals surface area contributed by atoms with Crippen LogP contribution in [-0.4, -0.2) is 20.7 Å². The van der Waals surface area contributed by atoms with Gasteiger partial charge in [-0.1, -0.05) is 5.59 Å². The summed E-state index contributed by atoms with van der Waals surface area (Å²) < 4.78 is 1.65. The lowest BCUT2D eigenvalue weighted by Crippen LogP contribution is -2.26. The quantitative estimate of drug-likeness (QED) is 0.487. The number of aryl methyl sites for hydroxylation is 3. The van der Waals surface area contributed by atoms with Crippen LogP contribution in [0.3, 0.4) is 0 Å². The van der Waals surface area contributed by atoms with Crippen LogP contribution >= 0.6 is 0 Å². The number of nitrogens with one attached hydrogen (secondary N) is 1. The first-order valence-electron chi connectivity index (χ1n) is 4.17. The molecule has 0 saturated carbocycles. The molecule has 3 N–H and O–H groups in total. The van der Waals surface area contributed by atoms with E-state index in [1.165, 1.54) is 0 Å². The summed E-state index contributed by atoms with van der Waals surface area (Å²) in [4.78, 5) is 19.3. The zero-order valence-electron chi connectivity index (χ0n) is 8.15. The van der Waals surface area contributed by atoms with Gasteiger partial charge < -0.3 is 4.84 Å². The van der Waals surface area contributed by atoms with Crippen LogP contribution in [0.25, 0.3) is 0 Å². The molecule has 0 unspecified atom stereocenters. The van der Waals surface area contributed by atoms with Gasteiger partial charge in [0.05, 0.1) is 13.0 Å². The number of hydrazine groups is 1. The lowest BCUT2D eigenvalue weighted by Gasteiger charge is -2.02. The van der Waals surface area contributed by atoms with E-state index in [9.17, 15) is 4.79 Å². The number of carbonyl (C=O) groups is 1. The van der Waals surface area contributed by atoms with Gasteiger partial charge in [0.15, 0.2) is 0 Å². The third-order valence-electron chi connectivity index (χ3n) is 1.66. The van der Waals surface area contributed by atoms with E-state index in [4.69, 9.17) is 5.84 Å². The third kappa shape index (κ3) is 2.79. The molecule has 0 atom stereocenters. The maximum Gasteiger partial charge on any atom is 0.328 e. The fourth-order valence-electron chi connectivity index (χ4n) is 1.09. The normalized spacial score (nSPS) is 10.2. The highest BCUT2D eigenvalue weighted by atomic mass is 16.7. The molecular weight excluding hydrogens is 186 g/mol. The molecule has 0 spiro atoms. The third-order valence-corrected chi connectivity index (χ3v) is 1.66. The lowest BCUT2D eigenvalue weighted by molar-refractivity contribution is -0.151. The van der Waals surface area contributed by atoms with Crippen molar-refractivity contribution >= 4 is 5.97 Å². The Bertz CT molecular complexity index is 322. The van der Waals surface area contributed by atoms with Gasteiger partial charge in [-0.05, 0) is 13.8 Å². The molecule has 0 aliphatic carbocycles. The molecule has 0 aliphatic rings. The Labute approximate surface area is 81.2 Å². The molecule has 0 amide bonds. The second kappa shape index (κ2) is 4.68. The summed E-state index contributed by atoms with van der Waals surface area (Å²) in [6, 6.07) is 0. The Kier molecular flexibility index (Phi) is 3.55. The Morgan fingerprint density at radius 1 is 1.64 bits per heavy atom. The fraction of sp³-hybridized carbons (Fsp3) is 0.571. The Morgan fingerprint density at radius 3 is 2.86 bits per heavy atom. The molecule has 1 aromatic heterocycles. The topological polar surface area (TPSA) is 95.1 Å². The molecule has 1 aromatic rings. The van der Waals surface area contributed by atoms with Gasteiger partial charge in [0.25, 0.3) is 0 Å². The van der Waals surface area contributed by atoms with Crippen molar-refractivity contribution in [3.05, 3.63) is 11.6 Å². The van der Waals surface area contributed by atoms with Crippen molar-refractivity contribution in [2.45, 2.75) is 26.8 Å².